The predicted octanol–water partition coefficient (Wildman–Crippen LogP) is 5.51. The molecule has 0 aliphatic rings. The van der Waals surface area contributed by atoms with Crippen molar-refractivity contribution in [3.05, 3.63) is 59.7 Å². The van der Waals surface area contributed by atoms with Crippen LogP contribution in [0, 0.1) is 0 Å². The minimum Gasteiger partial charge on any atom is -0.256 e. The average Bonchev–Trinajstić information content (AvgIpc) is 2.47. The van der Waals surface area contributed by atoms with E-state index in [9.17, 15) is 4.57 Å². The van der Waals surface area contributed by atoms with Gasteiger partial charge in [0.1, 0.15) is 0 Å². The van der Waals surface area contributed by atoms with Crippen molar-refractivity contribution >= 4 is 8.61 Å². The lowest BCUT2D eigenvalue weighted by Gasteiger charge is -2.19. The number of nitrogens with one attached hydrogen (secondary N) is 1. The number of benzene rings is 2. The Hall–Kier alpha value is -1.50. The first-order chi connectivity index (χ1) is 9.91. The molecule has 0 aromatic heterocycles. The van der Waals surface area contributed by atoms with E-state index in [1.54, 1.807) is 0 Å². The highest BCUT2D eigenvalue weighted by Crippen LogP contribution is 2.27. The van der Waals surface area contributed by atoms with Gasteiger partial charge in [0, 0.05) is 6.04 Å². The zero-order valence-electron chi connectivity index (χ0n) is 13.1. The molecule has 21 heavy (non-hydrogen) atoms. The van der Waals surface area contributed by atoms with Gasteiger partial charge in [0.15, 0.2) is 0 Å². The molecule has 0 aliphatic heterocycles. The monoisotopic (exact) mass is 299 g/mol. The summed E-state index contributed by atoms with van der Waals surface area (Å²) >= 11 is 0. The molecule has 3 heteroatoms. The molecule has 0 radical (unpaired) electrons. The summed E-state index contributed by atoms with van der Waals surface area (Å²) in [6, 6.07) is 17.2. The van der Waals surface area contributed by atoms with Crippen LogP contribution in [0.4, 0.5) is 0 Å². The van der Waals surface area contributed by atoms with Crippen LogP contribution in [0.5, 0.6) is 0 Å². The molecule has 0 spiro atoms. The van der Waals surface area contributed by atoms with Gasteiger partial charge < -0.3 is 0 Å². The molecule has 0 saturated heterocycles. The van der Waals surface area contributed by atoms with Crippen LogP contribution in [-0.4, -0.2) is 0 Å². The molecule has 2 rings (SSSR count). The summed E-state index contributed by atoms with van der Waals surface area (Å²) in [6.07, 6.45) is 0. The summed E-state index contributed by atoms with van der Waals surface area (Å²) < 4.78 is 10.6. The number of hydrogen-bond acceptors (Lipinski definition) is 1. The van der Waals surface area contributed by atoms with E-state index in [-0.39, 0.29) is 20.1 Å². The lowest BCUT2D eigenvalue weighted by atomic mass is 9.86. The highest BCUT2D eigenvalue weighted by atomic mass is 31.1. The normalized spacial score (nSPS) is 13.3. The van der Waals surface area contributed by atoms with Gasteiger partial charge in [-0.1, -0.05) is 69.3 Å². The highest BCUT2D eigenvalue weighted by molar-refractivity contribution is 7.21. The van der Waals surface area contributed by atoms with E-state index in [2.05, 4.69) is 74.4 Å². The Morgan fingerprint density at radius 1 is 0.905 bits per heavy atom. The molecular weight excluding hydrogens is 277 g/mol. The highest BCUT2D eigenvalue weighted by Gasteiger charge is 2.13. The second kappa shape index (κ2) is 6.51. The molecule has 110 valence electrons. The number of rotatable bonds is 4. The molecule has 2 aromatic carbocycles. The Morgan fingerprint density at radius 2 is 1.38 bits per heavy atom. The summed E-state index contributed by atoms with van der Waals surface area (Å²) in [6.45, 7) is 8.67. The van der Waals surface area contributed by atoms with E-state index in [1.165, 1.54) is 16.7 Å². The van der Waals surface area contributed by atoms with Crippen LogP contribution in [0.1, 0.15) is 44.9 Å². The van der Waals surface area contributed by atoms with Gasteiger partial charge in [-0.15, -0.1) is 0 Å². The number of hydrogen-bond donors (Lipinski definition) is 1. The van der Waals surface area contributed by atoms with E-state index in [0.29, 0.717) is 0 Å². The molecule has 0 amide bonds. The molecule has 0 fully saturated rings. The average molecular weight is 299 g/mol. The topological polar surface area (TPSA) is 29.1 Å². The third kappa shape index (κ3) is 4.00. The molecule has 0 bridgehead atoms. The van der Waals surface area contributed by atoms with Crippen molar-refractivity contribution in [1.82, 2.24) is 5.09 Å². The fourth-order valence-electron chi connectivity index (χ4n) is 2.28. The maximum Gasteiger partial charge on any atom is 0.246 e. The second-order valence-electron chi connectivity index (χ2n) is 6.39. The standard InChI is InChI=1S/C18H22NOP/c1-13(19-21-20)14-5-7-15(8-6-14)16-9-11-17(12-10-16)18(2,3)4/h5-13H,1-4H3,(H,19,20). The van der Waals surface area contributed by atoms with Crippen LogP contribution >= 0.6 is 8.61 Å². The molecule has 2 nitrogen and oxygen atoms in total. The zero-order chi connectivity index (χ0) is 15.5. The van der Waals surface area contributed by atoms with Gasteiger partial charge in [-0.25, -0.2) is 5.09 Å². The third-order valence-electron chi connectivity index (χ3n) is 3.74. The Balaban J connectivity index is 2.21. The van der Waals surface area contributed by atoms with E-state index in [1.807, 2.05) is 6.92 Å². The van der Waals surface area contributed by atoms with Crippen LogP contribution in [-0.2, 0) is 9.98 Å². The van der Waals surface area contributed by atoms with Crippen LogP contribution in [0.2, 0.25) is 0 Å². The van der Waals surface area contributed by atoms with E-state index < -0.39 is 0 Å². The van der Waals surface area contributed by atoms with Gasteiger partial charge in [0.2, 0.25) is 8.61 Å². The fourth-order valence-corrected chi connectivity index (χ4v) is 2.59. The Morgan fingerprint density at radius 3 is 1.81 bits per heavy atom. The zero-order valence-corrected chi connectivity index (χ0v) is 13.9. The Kier molecular flexibility index (Phi) is 4.92. The van der Waals surface area contributed by atoms with Gasteiger partial charge >= 0.3 is 0 Å². The van der Waals surface area contributed by atoms with Crippen molar-refractivity contribution in [3.63, 3.8) is 0 Å². The van der Waals surface area contributed by atoms with Crippen molar-refractivity contribution < 1.29 is 4.57 Å². The summed E-state index contributed by atoms with van der Waals surface area (Å²) in [7, 11) is -0.0322. The maximum absolute atomic E-state index is 10.6. The van der Waals surface area contributed by atoms with Crippen LogP contribution < -0.4 is 5.09 Å². The summed E-state index contributed by atoms with van der Waals surface area (Å²) in [5.41, 5.74) is 5.08. The lowest BCUT2D eigenvalue weighted by Crippen LogP contribution is -2.10. The summed E-state index contributed by atoms with van der Waals surface area (Å²) in [5, 5.41) is 2.86. The molecular formula is C18H22NOP. The molecule has 1 atom stereocenters. The fraction of sp³-hybridized carbons (Fsp3) is 0.333. The minimum atomic E-state index is -0.0322. The molecule has 0 saturated carbocycles. The van der Waals surface area contributed by atoms with Crippen molar-refractivity contribution in [1.29, 1.82) is 0 Å². The second-order valence-corrected chi connectivity index (χ2v) is 6.83. The summed E-state index contributed by atoms with van der Waals surface area (Å²) in [5.74, 6) is 0. The van der Waals surface area contributed by atoms with Crippen LogP contribution in [0.25, 0.3) is 11.1 Å². The van der Waals surface area contributed by atoms with E-state index in [0.717, 1.165) is 5.56 Å². The van der Waals surface area contributed by atoms with Gasteiger partial charge in [-0.2, -0.15) is 0 Å². The van der Waals surface area contributed by atoms with Crippen molar-refractivity contribution in [2.24, 2.45) is 0 Å². The van der Waals surface area contributed by atoms with Crippen molar-refractivity contribution in [2.75, 3.05) is 0 Å². The SMILES string of the molecule is CC(NP=O)c1ccc(-c2ccc(C(C)(C)C)cc2)cc1. The molecule has 0 aliphatic carbocycles. The molecule has 1 unspecified atom stereocenters. The first kappa shape index (κ1) is 15.9. The van der Waals surface area contributed by atoms with Crippen LogP contribution in [0.15, 0.2) is 48.5 Å². The van der Waals surface area contributed by atoms with Gasteiger partial charge in [-0.05, 0) is 34.6 Å². The molecule has 1 N–H and O–H groups in total. The molecule has 2 aromatic rings. The first-order valence-electron chi connectivity index (χ1n) is 7.20. The Labute approximate surface area is 128 Å². The van der Waals surface area contributed by atoms with Crippen molar-refractivity contribution in [3.8, 4) is 11.1 Å². The minimum absolute atomic E-state index is 0.0322. The summed E-state index contributed by atoms with van der Waals surface area (Å²) in [4.78, 5) is 0. The van der Waals surface area contributed by atoms with Gasteiger partial charge in [0.25, 0.3) is 0 Å². The predicted molar refractivity (Wildman–Crippen MR) is 89.7 cm³/mol. The lowest BCUT2D eigenvalue weighted by molar-refractivity contribution is 0.583. The van der Waals surface area contributed by atoms with E-state index >= 15 is 0 Å². The van der Waals surface area contributed by atoms with E-state index in [4.69, 9.17) is 0 Å². The smallest absolute Gasteiger partial charge is 0.246 e. The Bertz CT molecular complexity index is 597. The first-order valence-corrected chi connectivity index (χ1v) is 8.02. The quantitative estimate of drug-likeness (QED) is 0.754. The van der Waals surface area contributed by atoms with Crippen LogP contribution in [0.3, 0.4) is 0 Å². The largest absolute Gasteiger partial charge is 0.256 e. The van der Waals surface area contributed by atoms with Gasteiger partial charge in [0.05, 0.1) is 0 Å². The third-order valence-corrected chi connectivity index (χ3v) is 4.23. The van der Waals surface area contributed by atoms with Gasteiger partial charge in [-0.3, -0.25) is 4.57 Å². The maximum atomic E-state index is 10.6. The molecule has 0 heterocycles. The van der Waals surface area contributed by atoms with Crippen molar-refractivity contribution in [2.45, 2.75) is 39.2 Å².